The molecule has 0 radical (unpaired) electrons. The highest BCUT2D eigenvalue weighted by molar-refractivity contribution is 7.89. The van der Waals surface area contributed by atoms with Crippen molar-refractivity contribution in [3.05, 3.63) is 54.1 Å². The van der Waals surface area contributed by atoms with Crippen molar-refractivity contribution in [1.29, 1.82) is 0 Å². The van der Waals surface area contributed by atoms with Gasteiger partial charge in [0, 0.05) is 13.1 Å². The van der Waals surface area contributed by atoms with Crippen LogP contribution in [0.1, 0.15) is 18.4 Å². The van der Waals surface area contributed by atoms with E-state index in [9.17, 15) is 13.2 Å². The normalized spacial score (nSPS) is 18.2. The van der Waals surface area contributed by atoms with E-state index in [1.54, 1.807) is 30.3 Å². The summed E-state index contributed by atoms with van der Waals surface area (Å²) in [7, 11) is -3.59. The number of carbonyl (C=O) groups excluding carboxylic acids is 1. The van der Waals surface area contributed by atoms with Gasteiger partial charge >= 0.3 is 0 Å². The molecule has 0 aliphatic carbocycles. The van der Waals surface area contributed by atoms with E-state index in [0.29, 0.717) is 24.5 Å². The van der Waals surface area contributed by atoms with E-state index in [2.05, 4.69) is 10.3 Å². The average Bonchev–Trinajstić information content (AvgIpc) is 3.12. The molecule has 0 spiro atoms. The molecule has 6 nitrogen and oxygen atoms in total. The van der Waals surface area contributed by atoms with Crippen LogP contribution in [-0.4, -0.2) is 36.7 Å². The third kappa shape index (κ3) is 3.67. The van der Waals surface area contributed by atoms with E-state index in [-0.39, 0.29) is 23.3 Å². The lowest BCUT2D eigenvalue weighted by Crippen LogP contribution is -2.43. The number of amides is 1. The first-order valence-electron chi connectivity index (χ1n) is 9.17. The van der Waals surface area contributed by atoms with Crippen molar-refractivity contribution in [3.8, 4) is 0 Å². The summed E-state index contributed by atoms with van der Waals surface area (Å²) in [4.78, 5) is 17.6. The van der Waals surface area contributed by atoms with Gasteiger partial charge in [-0.25, -0.2) is 13.4 Å². The fraction of sp³-hybridized carbons (Fsp3) is 0.300. The van der Waals surface area contributed by atoms with Gasteiger partial charge in [0.2, 0.25) is 15.9 Å². The van der Waals surface area contributed by atoms with E-state index in [0.717, 1.165) is 15.8 Å². The van der Waals surface area contributed by atoms with Gasteiger partial charge in [0.05, 0.1) is 21.0 Å². The summed E-state index contributed by atoms with van der Waals surface area (Å²) in [6.07, 6.45) is 1.32. The summed E-state index contributed by atoms with van der Waals surface area (Å²) in [6.45, 7) is 2.61. The molecule has 146 valence electrons. The standard InChI is InChI=1S/C20H21N3O3S2/c1-14-7-5-11-17-18(14)21-20(27-17)22-19(24)15-8-6-12-23(13-15)28(25,26)16-9-3-2-4-10-16/h2-5,7,9-11,15H,6,8,12-13H2,1H3,(H,21,22,24). The zero-order valence-corrected chi connectivity index (χ0v) is 17.1. The zero-order valence-electron chi connectivity index (χ0n) is 15.5. The number of nitrogens with one attached hydrogen (secondary N) is 1. The maximum Gasteiger partial charge on any atom is 0.243 e. The number of hydrogen-bond acceptors (Lipinski definition) is 5. The number of sulfonamides is 1. The van der Waals surface area contributed by atoms with E-state index < -0.39 is 10.0 Å². The van der Waals surface area contributed by atoms with Crippen molar-refractivity contribution in [2.45, 2.75) is 24.7 Å². The minimum absolute atomic E-state index is 0.176. The Labute approximate surface area is 168 Å². The van der Waals surface area contributed by atoms with Gasteiger partial charge in [-0.3, -0.25) is 4.79 Å². The Morgan fingerprint density at radius 2 is 1.96 bits per heavy atom. The number of piperidine rings is 1. The maximum absolute atomic E-state index is 12.9. The third-order valence-electron chi connectivity index (χ3n) is 4.99. The lowest BCUT2D eigenvalue weighted by Gasteiger charge is -2.31. The maximum atomic E-state index is 12.9. The highest BCUT2D eigenvalue weighted by atomic mass is 32.2. The minimum Gasteiger partial charge on any atom is -0.302 e. The lowest BCUT2D eigenvalue weighted by molar-refractivity contribution is -0.120. The van der Waals surface area contributed by atoms with Gasteiger partial charge in [0.1, 0.15) is 0 Å². The van der Waals surface area contributed by atoms with Crippen LogP contribution in [0, 0.1) is 12.8 Å². The summed E-state index contributed by atoms with van der Waals surface area (Å²) in [5.41, 5.74) is 1.95. The van der Waals surface area contributed by atoms with Crippen LogP contribution in [0.3, 0.4) is 0 Å². The number of hydrogen-bond donors (Lipinski definition) is 1. The van der Waals surface area contributed by atoms with Crippen molar-refractivity contribution in [1.82, 2.24) is 9.29 Å². The van der Waals surface area contributed by atoms with Gasteiger partial charge in [-0.2, -0.15) is 4.31 Å². The second kappa shape index (κ2) is 7.62. The molecule has 8 heteroatoms. The van der Waals surface area contributed by atoms with Gasteiger partial charge in [0.25, 0.3) is 0 Å². The van der Waals surface area contributed by atoms with Crippen LogP contribution in [0.4, 0.5) is 5.13 Å². The van der Waals surface area contributed by atoms with E-state index >= 15 is 0 Å². The van der Waals surface area contributed by atoms with Crippen molar-refractivity contribution >= 4 is 42.6 Å². The molecule has 1 aliphatic rings. The molecular formula is C20H21N3O3S2. The monoisotopic (exact) mass is 415 g/mol. The molecule has 1 aliphatic heterocycles. The van der Waals surface area contributed by atoms with Gasteiger partial charge < -0.3 is 5.32 Å². The van der Waals surface area contributed by atoms with Crippen LogP contribution in [0.25, 0.3) is 10.2 Å². The van der Waals surface area contributed by atoms with Crippen LogP contribution in [0.5, 0.6) is 0 Å². The number of carbonyl (C=O) groups is 1. The highest BCUT2D eigenvalue weighted by Gasteiger charge is 2.33. The van der Waals surface area contributed by atoms with Crippen LogP contribution in [-0.2, 0) is 14.8 Å². The zero-order chi connectivity index (χ0) is 19.7. The van der Waals surface area contributed by atoms with Crippen LogP contribution in [0.15, 0.2) is 53.4 Å². The summed E-state index contributed by atoms with van der Waals surface area (Å²) in [5, 5.41) is 3.44. The molecule has 0 saturated carbocycles. The number of rotatable bonds is 4. The van der Waals surface area contributed by atoms with Gasteiger partial charge in [-0.15, -0.1) is 0 Å². The Hall–Kier alpha value is -2.29. The molecular weight excluding hydrogens is 394 g/mol. The predicted octanol–water partition coefficient (Wildman–Crippen LogP) is 3.64. The molecule has 3 aromatic rings. The van der Waals surface area contributed by atoms with Crippen LogP contribution >= 0.6 is 11.3 Å². The first-order valence-corrected chi connectivity index (χ1v) is 11.4. The number of para-hydroxylation sites is 1. The number of aryl methyl sites for hydroxylation is 1. The highest BCUT2D eigenvalue weighted by Crippen LogP contribution is 2.29. The number of anilines is 1. The fourth-order valence-corrected chi connectivity index (χ4v) is 5.96. The van der Waals surface area contributed by atoms with Crippen LogP contribution in [0.2, 0.25) is 0 Å². The molecule has 1 N–H and O–H groups in total. The van der Waals surface area contributed by atoms with E-state index in [1.165, 1.54) is 15.6 Å². The van der Waals surface area contributed by atoms with Crippen molar-refractivity contribution < 1.29 is 13.2 Å². The van der Waals surface area contributed by atoms with Crippen LogP contribution < -0.4 is 5.32 Å². The number of benzene rings is 2. The summed E-state index contributed by atoms with van der Waals surface area (Å²) < 4.78 is 28.1. The lowest BCUT2D eigenvalue weighted by atomic mass is 9.99. The SMILES string of the molecule is Cc1cccc2sc(NC(=O)C3CCCN(S(=O)(=O)c4ccccc4)C3)nc12. The summed E-state index contributed by atoms with van der Waals surface area (Å²) in [6, 6.07) is 14.3. The largest absolute Gasteiger partial charge is 0.302 e. The Bertz CT molecular complexity index is 1110. The van der Waals surface area contributed by atoms with Crippen molar-refractivity contribution in [2.75, 3.05) is 18.4 Å². The van der Waals surface area contributed by atoms with Gasteiger partial charge in [0.15, 0.2) is 5.13 Å². The molecule has 2 heterocycles. The molecule has 28 heavy (non-hydrogen) atoms. The summed E-state index contributed by atoms with van der Waals surface area (Å²) >= 11 is 1.43. The molecule has 1 amide bonds. The first kappa shape index (κ1) is 19.0. The Balaban J connectivity index is 1.49. The second-order valence-electron chi connectivity index (χ2n) is 6.95. The smallest absolute Gasteiger partial charge is 0.243 e. The topological polar surface area (TPSA) is 79.4 Å². The third-order valence-corrected chi connectivity index (χ3v) is 7.80. The number of nitrogens with zero attached hydrogens (tertiary/aromatic N) is 2. The Kier molecular flexibility index (Phi) is 5.18. The fourth-order valence-electron chi connectivity index (χ4n) is 3.46. The summed E-state index contributed by atoms with van der Waals surface area (Å²) in [5.74, 6) is -0.565. The molecule has 1 saturated heterocycles. The molecule has 1 unspecified atom stereocenters. The quantitative estimate of drug-likeness (QED) is 0.705. The van der Waals surface area contributed by atoms with Gasteiger partial charge in [-0.05, 0) is 43.5 Å². The molecule has 0 bridgehead atoms. The molecule has 2 aromatic carbocycles. The molecule has 4 rings (SSSR count). The first-order chi connectivity index (χ1) is 13.4. The molecule has 1 fully saturated rings. The molecule has 1 aromatic heterocycles. The Morgan fingerprint density at radius 1 is 1.18 bits per heavy atom. The molecule has 1 atom stereocenters. The number of fused-ring (bicyclic) bond motifs is 1. The second-order valence-corrected chi connectivity index (χ2v) is 9.91. The van der Waals surface area contributed by atoms with E-state index in [1.807, 2.05) is 25.1 Å². The minimum atomic E-state index is -3.59. The average molecular weight is 416 g/mol. The predicted molar refractivity (Wildman–Crippen MR) is 111 cm³/mol. The van der Waals surface area contributed by atoms with Crippen molar-refractivity contribution in [3.63, 3.8) is 0 Å². The van der Waals surface area contributed by atoms with Gasteiger partial charge in [-0.1, -0.05) is 41.7 Å². The number of thiazole rings is 1. The number of aromatic nitrogens is 1. The van der Waals surface area contributed by atoms with E-state index in [4.69, 9.17) is 0 Å². The van der Waals surface area contributed by atoms with Crippen molar-refractivity contribution in [2.24, 2.45) is 5.92 Å². The Morgan fingerprint density at radius 3 is 2.71 bits per heavy atom.